The quantitative estimate of drug-likeness (QED) is 0.537. The first-order valence-electron chi connectivity index (χ1n) is 8.59. The van der Waals surface area contributed by atoms with E-state index in [-0.39, 0.29) is 5.91 Å². The van der Waals surface area contributed by atoms with Crippen molar-refractivity contribution in [2.75, 3.05) is 0 Å². The van der Waals surface area contributed by atoms with Crippen molar-refractivity contribution in [1.82, 2.24) is 29.7 Å². The summed E-state index contributed by atoms with van der Waals surface area (Å²) in [5, 5.41) is 15.3. The second-order valence-electron chi connectivity index (χ2n) is 6.05. The number of hydrogen-bond donors (Lipinski definition) is 1. The molecule has 134 valence electrons. The SMILES string of the molecule is O=C(C=Cc1cnn(Cc2ccccc2)c1)NCc1nnc2ccccn12. The zero-order valence-electron chi connectivity index (χ0n) is 14.6. The number of hydrogen-bond acceptors (Lipinski definition) is 4. The van der Waals surface area contributed by atoms with E-state index in [0.717, 1.165) is 11.2 Å². The molecule has 3 aromatic heterocycles. The molecule has 7 nitrogen and oxygen atoms in total. The van der Waals surface area contributed by atoms with E-state index in [1.54, 1.807) is 12.3 Å². The standard InChI is InChI=1S/C20H18N6O/c27-20(21-13-19-24-23-18-8-4-5-11-26(18)19)10-9-17-12-22-25(15-17)14-16-6-2-1-3-7-16/h1-12,15H,13-14H2,(H,21,27). The molecule has 3 heterocycles. The van der Waals surface area contributed by atoms with Crippen molar-refractivity contribution in [3.8, 4) is 0 Å². The number of rotatable bonds is 6. The van der Waals surface area contributed by atoms with Crippen molar-refractivity contribution < 1.29 is 4.79 Å². The van der Waals surface area contributed by atoms with Crippen molar-refractivity contribution in [3.05, 3.63) is 90.1 Å². The third-order valence-electron chi connectivity index (χ3n) is 4.07. The van der Waals surface area contributed by atoms with E-state index in [9.17, 15) is 4.79 Å². The number of carbonyl (C=O) groups excluding carboxylic acids is 1. The van der Waals surface area contributed by atoms with Crippen LogP contribution in [0.3, 0.4) is 0 Å². The van der Waals surface area contributed by atoms with E-state index in [1.165, 1.54) is 11.6 Å². The lowest BCUT2D eigenvalue weighted by Gasteiger charge is -2.01. The van der Waals surface area contributed by atoms with Gasteiger partial charge in [0.1, 0.15) is 0 Å². The van der Waals surface area contributed by atoms with Crippen LogP contribution in [-0.4, -0.2) is 30.3 Å². The van der Waals surface area contributed by atoms with Gasteiger partial charge >= 0.3 is 0 Å². The Morgan fingerprint density at radius 3 is 2.81 bits per heavy atom. The Hall–Kier alpha value is -3.74. The van der Waals surface area contributed by atoms with Gasteiger partial charge < -0.3 is 5.32 Å². The molecule has 27 heavy (non-hydrogen) atoms. The number of nitrogens with zero attached hydrogens (tertiary/aromatic N) is 5. The van der Waals surface area contributed by atoms with Crippen molar-refractivity contribution in [1.29, 1.82) is 0 Å². The van der Waals surface area contributed by atoms with Gasteiger partial charge in [0.2, 0.25) is 5.91 Å². The van der Waals surface area contributed by atoms with Crippen molar-refractivity contribution in [2.45, 2.75) is 13.1 Å². The minimum Gasteiger partial charge on any atom is -0.345 e. The molecular formula is C20H18N6O. The molecule has 1 amide bonds. The molecule has 0 spiro atoms. The van der Waals surface area contributed by atoms with Gasteiger partial charge in [-0.2, -0.15) is 5.10 Å². The largest absolute Gasteiger partial charge is 0.345 e. The highest BCUT2D eigenvalue weighted by molar-refractivity contribution is 5.91. The summed E-state index contributed by atoms with van der Waals surface area (Å²) in [5.74, 6) is 0.488. The molecule has 1 N–H and O–H groups in total. The molecule has 4 rings (SSSR count). The first kappa shape index (κ1) is 16.7. The van der Waals surface area contributed by atoms with Gasteiger partial charge in [0, 0.05) is 24.0 Å². The van der Waals surface area contributed by atoms with E-state index in [0.29, 0.717) is 18.9 Å². The minimum atomic E-state index is -0.196. The minimum absolute atomic E-state index is 0.196. The molecule has 0 aliphatic heterocycles. The topological polar surface area (TPSA) is 77.1 Å². The van der Waals surface area contributed by atoms with Gasteiger partial charge in [-0.05, 0) is 23.8 Å². The maximum absolute atomic E-state index is 12.1. The fourth-order valence-corrected chi connectivity index (χ4v) is 2.73. The number of aromatic nitrogens is 5. The van der Waals surface area contributed by atoms with Crippen LogP contribution in [0, 0.1) is 0 Å². The summed E-state index contributed by atoms with van der Waals surface area (Å²) in [4.78, 5) is 12.1. The fraction of sp³-hybridized carbons (Fsp3) is 0.100. The van der Waals surface area contributed by atoms with Crippen molar-refractivity contribution >= 4 is 17.6 Å². The molecule has 0 bridgehead atoms. The molecule has 0 atom stereocenters. The maximum Gasteiger partial charge on any atom is 0.244 e. The summed E-state index contributed by atoms with van der Waals surface area (Å²) in [7, 11) is 0. The Morgan fingerprint density at radius 2 is 1.93 bits per heavy atom. The lowest BCUT2D eigenvalue weighted by Crippen LogP contribution is -2.21. The normalized spacial score (nSPS) is 11.3. The average Bonchev–Trinajstić information content (AvgIpc) is 3.32. The van der Waals surface area contributed by atoms with Crippen LogP contribution in [-0.2, 0) is 17.9 Å². The predicted molar refractivity (Wildman–Crippen MR) is 102 cm³/mol. The summed E-state index contributed by atoms with van der Waals surface area (Å²) < 4.78 is 3.69. The van der Waals surface area contributed by atoms with Gasteiger partial charge in [0.05, 0.1) is 19.3 Å². The first-order valence-corrected chi connectivity index (χ1v) is 8.59. The Bertz CT molecular complexity index is 1080. The van der Waals surface area contributed by atoms with Crippen LogP contribution in [0.4, 0.5) is 0 Å². The number of amides is 1. The van der Waals surface area contributed by atoms with E-state index < -0.39 is 0 Å². The molecule has 0 fully saturated rings. The number of benzene rings is 1. The van der Waals surface area contributed by atoms with Gasteiger partial charge in [0.25, 0.3) is 0 Å². The van der Waals surface area contributed by atoms with E-state index in [2.05, 4.69) is 32.7 Å². The van der Waals surface area contributed by atoms with Crippen LogP contribution in [0.2, 0.25) is 0 Å². The highest BCUT2D eigenvalue weighted by Crippen LogP contribution is 2.06. The number of fused-ring (bicyclic) bond motifs is 1. The summed E-state index contributed by atoms with van der Waals surface area (Å²) in [6.45, 7) is 1.00. The van der Waals surface area contributed by atoms with Gasteiger partial charge in [-0.3, -0.25) is 13.9 Å². The summed E-state index contributed by atoms with van der Waals surface area (Å²) in [5.41, 5.74) is 2.80. The number of carbonyl (C=O) groups is 1. The van der Waals surface area contributed by atoms with Gasteiger partial charge in [-0.1, -0.05) is 36.4 Å². The third-order valence-corrected chi connectivity index (χ3v) is 4.07. The lowest BCUT2D eigenvalue weighted by molar-refractivity contribution is -0.116. The Balaban J connectivity index is 1.33. The van der Waals surface area contributed by atoms with E-state index >= 15 is 0 Å². The highest BCUT2D eigenvalue weighted by atomic mass is 16.1. The van der Waals surface area contributed by atoms with Crippen molar-refractivity contribution in [3.63, 3.8) is 0 Å². The summed E-state index contributed by atoms with van der Waals surface area (Å²) >= 11 is 0. The molecule has 0 saturated heterocycles. The first-order chi connectivity index (χ1) is 13.3. The van der Waals surface area contributed by atoms with Crippen LogP contribution in [0.1, 0.15) is 17.0 Å². The van der Waals surface area contributed by atoms with Crippen molar-refractivity contribution in [2.24, 2.45) is 0 Å². The van der Waals surface area contributed by atoms with Crippen LogP contribution >= 0.6 is 0 Å². The highest BCUT2D eigenvalue weighted by Gasteiger charge is 2.05. The summed E-state index contributed by atoms with van der Waals surface area (Å²) in [6.07, 6.45) is 8.74. The smallest absolute Gasteiger partial charge is 0.244 e. The second kappa shape index (κ2) is 7.65. The molecule has 0 unspecified atom stereocenters. The average molecular weight is 358 g/mol. The second-order valence-corrected chi connectivity index (χ2v) is 6.05. The molecule has 0 aliphatic rings. The van der Waals surface area contributed by atoms with Gasteiger partial charge in [-0.15, -0.1) is 10.2 Å². The third kappa shape index (κ3) is 4.09. The zero-order valence-corrected chi connectivity index (χ0v) is 14.6. The lowest BCUT2D eigenvalue weighted by atomic mass is 10.2. The summed E-state index contributed by atoms with van der Waals surface area (Å²) in [6, 6.07) is 15.8. The maximum atomic E-state index is 12.1. The van der Waals surface area contributed by atoms with Crippen LogP contribution in [0.25, 0.3) is 11.7 Å². The van der Waals surface area contributed by atoms with E-state index in [4.69, 9.17) is 0 Å². The molecule has 1 aromatic carbocycles. The van der Waals surface area contributed by atoms with E-state index in [1.807, 2.05) is 57.9 Å². The van der Waals surface area contributed by atoms with Gasteiger partial charge in [-0.25, -0.2) is 0 Å². The Kier molecular flexibility index (Phi) is 4.74. The molecule has 4 aromatic rings. The fourth-order valence-electron chi connectivity index (χ4n) is 2.73. The van der Waals surface area contributed by atoms with Crippen LogP contribution in [0.5, 0.6) is 0 Å². The molecule has 0 aliphatic carbocycles. The van der Waals surface area contributed by atoms with Crippen LogP contribution < -0.4 is 5.32 Å². The number of nitrogens with one attached hydrogen (secondary N) is 1. The number of pyridine rings is 1. The predicted octanol–water partition coefficient (Wildman–Crippen LogP) is 2.30. The Morgan fingerprint density at radius 1 is 1.07 bits per heavy atom. The monoisotopic (exact) mass is 358 g/mol. The molecule has 0 saturated carbocycles. The zero-order chi connectivity index (χ0) is 18.5. The van der Waals surface area contributed by atoms with Gasteiger partial charge in [0.15, 0.2) is 11.5 Å². The molecule has 0 radical (unpaired) electrons. The Labute approximate surface area is 156 Å². The van der Waals surface area contributed by atoms with Crippen LogP contribution in [0.15, 0.2) is 73.2 Å². The molecule has 7 heteroatoms. The molecular weight excluding hydrogens is 340 g/mol.